The SMILES string of the molecule is CC.c1ccc(-c2nc(-n3c4ccc5ccccc5c4c4cccc(-c5ccc6oc7ccc8ccccc8c7c6c5)c43)nc3c2ccc2ccccc23)cc1. The second kappa shape index (κ2) is 12.6. The van der Waals surface area contributed by atoms with Gasteiger partial charge in [-0.15, -0.1) is 0 Å². The van der Waals surface area contributed by atoms with Gasteiger partial charge in [0.15, 0.2) is 0 Å². The molecule has 0 fully saturated rings. The summed E-state index contributed by atoms with van der Waals surface area (Å²) in [5.74, 6) is 0.640. The van der Waals surface area contributed by atoms with Gasteiger partial charge >= 0.3 is 0 Å². The molecule has 56 heavy (non-hydrogen) atoms. The van der Waals surface area contributed by atoms with E-state index in [1.807, 2.05) is 13.8 Å². The summed E-state index contributed by atoms with van der Waals surface area (Å²) in [4.78, 5) is 11.0. The van der Waals surface area contributed by atoms with Crippen molar-refractivity contribution in [1.82, 2.24) is 14.5 Å². The van der Waals surface area contributed by atoms with E-state index in [1.165, 1.54) is 26.9 Å². The minimum atomic E-state index is 0.640. The number of fused-ring (bicyclic) bond motifs is 13. The first-order valence-corrected chi connectivity index (χ1v) is 19.3. The molecule has 0 aliphatic heterocycles. The molecule has 0 atom stereocenters. The average molecular weight is 718 g/mol. The molecule has 0 saturated carbocycles. The van der Waals surface area contributed by atoms with Gasteiger partial charge in [-0.05, 0) is 62.8 Å². The maximum Gasteiger partial charge on any atom is 0.235 e. The van der Waals surface area contributed by atoms with Crippen LogP contribution in [0, 0.1) is 0 Å². The molecule has 12 aromatic rings. The molecular weight excluding hydrogens is 683 g/mol. The number of hydrogen-bond acceptors (Lipinski definition) is 3. The van der Waals surface area contributed by atoms with E-state index in [-0.39, 0.29) is 0 Å². The normalized spacial score (nSPS) is 11.8. The van der Waals surface area contributed by atoms with Gasteiger partial charge in [0.05, 0.1) is 22.2 Å². The summed E-state index contributed by atoms with van der Waals surface area (Å²) < 4.78 is 8.73. The Bertz CT molecular complexity index is 3500. The van der Waals surface area contributed by atoms with E-state index in [0.717, 1.165) is 82.4 Å². The molecule has 4 heteroatoms. The van der Waals surface area contributed by atoms with Gasteiger partial charge in [-0.1, -0.05) is 159 Å². The minimum absolute atomic E-state index is 0.640. The summed E-state index contributed by atoms with van der Waals surface area (Å²) in [5, 5.41) is 12.7. The lowest BCUT2D eigenvalue weighted by atomic mass is 9.97. The fourth-order valence-corrected chi connectivity index (χ4v) is 8.76. The Morgan fingerprint density at radius 2 is 1.05 bits per heavy atom. The smallest absolute Gasteiger partial charge is 0.235 e. The number of rotatable bonds is 3. The van der Waals surface area contributed by atoms with E-state index in [2.05, 4.69) is 180 Å². The van der Waals surface area contributed by atoms with Gasteiger partial charge in [0, 0.05) is 43.4 Å². The average Bonchev–Trinajstić information content (AvgIpc) is 3.83. The van der Waals surface area contributed by atoms with Crippen molar-refractivity contribution in [3.8, 4) is 28.3 Å². The molecule has 0 N–H and O–H groups in total. The van der Waals surface area contributed by atoms with Crippen LogP contribution >= 0.6 is 0 Å². The standard InChI is InChI=1S/C50H29N3O.C2H6/c1-2-14-33(15-3-1)47-40-25-21-32-13-6-9-18-37(32)48(40)52-50(51-47)53-42-26-22-30-11-4-7-16-35(30)45(42)39-20-10-19-38(49(39)53)34-24-27-43-41(29-34)46-36-17-8-5-12-31(36)23-28-44(46)54-43;1-2/h1-29H;1-2H3. The van der Waals surface area contributed by atoms with Crippen molar-refractivity contribution in [3.05, 3.63) is 176 Å². The Hall–Kier alpha value is -7.30. The lowest BCUT2D eigenvalue weighted by Crippen LogP contribution is -2.04. The second-order valence-corrected chi connectivity index (χ2v) is 14.1. The monoisotopic (exact) mass is 717 g/mol. The highest BCUT2D eigenvalue weighted by atomic mass is 16.3. The number of para-hydroxylation sites is 1. The summed E-state index contributed by atoms with van der Waals surface area (Å²) in [5.41, 5.74) is 9.01. The first kappa shape index (κ1) is 32.2. The van der Waals surface area contributed by atoms with Gasteiger partial charge < -0.3 is 4.42 Å². The third-order valence-corrected chi connectivity index (χ3v) is 11.2. The highest BCUT2D eigenvalue weighted by Crippen LogP contribution is 2.43. The summed E-state index contributed by atoms with van der Waals surface area (Å²) in [6.07, 6.45) is 0. The molecule has 0 radical (unpaired) electrons. The lowest BCUT2D eigenvalue weighted by Gasteiger charge is -2.14. The van der Waals surface area contributed by atoms with Gasteiger partial charge in [0.1, 0.15) is 11.2 Å². The van der Waals surface area contributed by atoms with E-state index >= 15 is 0 Å². The molecule has 0 amide bonds. The zero-order chi connectivity index (χ0) is 37.3. The van der Waals surface area contributed by atoms with E-state index in [1.54, 1.807) is 0 Å². The molecule has 0 bridgehead atoms. The van der Waals surface area contributed by atoms with Crippen LogP contribution in [0.4, 0.5) is 0 Å². The Kier molecular flexibility index (Phi) is 7.26. The predicted molar refractivity (Wildman–Crippen MR) is 236 cm³/mol. The van der Waals surface area contributed by atoms with Crippen molar-refractivity contribution in [2.24, 2.45) is 0 Å². The molecule has 12 rings (SSSR count). The maximum absolute atomic E-state index is 6.43. The summed E-state index contributed by atoms with van der Waals surface area (Å²) in [6, 6.07) is 62.5. The van der Waals surface area contributed by atoms with E-state index in [0.29, 0.717) is 5.95 Å². The van der Waals surface area contributed by atoms with Crippen molar-refractivity contribution < 1.29 is 4.42 Å². The van der Waals surface area contributed by atoms with Crippen LogP contribution in [0.15, 0.2) is 180 Å². The van der Waals surface area contributed by atoms with Gasteiger partial charge in [-0.3, -0.25) is 4.57 Å². The zero-order valence-electron chi connectivity index (χ0n) is 31.0. The molecule has 0 spiro atoms. The third-order valence-electron chi connectivity index (χ3n) is 11.2. The number of aromatic nitrogens is 3. The first-order chi connectivity index (χ1) is 27.8. The molecular formula is C52H35N3O. The Morgan fingerprint density at radius 1 is 0.429 bits per heavy atom. The van der Waals surface area contributed by atoms with Crippen LogP contribution < -0.4 is 0 Å². The lowest BCUT2D eigenvalue weighted by molar-refractivity contribution is 0.669. The number of nitrogens with zero attached hydrogens (tertiary/aromatic N) is 3. The molecule has 264 valence electrons. The van der Waals surface area contributed by atoms with Crippen LogP contribution in [0.2, 0.25) is 0 Å². The van der Waals surface area contributed by atoms with Crippen LogP contribution in [-0.4, -0.2) is 14.5 Å². The Morgan fingerprint density at radius 3 is 1.84 bits per heavy atom. The topological polar surface area (TPSA) is 43.9 Å². The fraction of sp³-hybridized carbons (Fsp3) is 0.0385. The van der Waals surface area contributed by atoms with Crippen LogP contribution in [0.1, 0.15) is 13.8 Å². The second-order valence-electron chi connectivity index (χ2n) is 14.1. The molecule has 0 saturated heterocycles. The van der Waals surface area contributed by atoms with Crippen molar-refractivity contribution >= 4 is 87.0 Å². The molecule has 0 unspecified atom stereocenters. The van der Waals surface area contributed by atoms with Crippen molar-refractivity contribution in [1.29, 1.82) is 0 Å². The summed E-state index contributed by atoms with van der Waals surface area (Å²) in [6.45, 7) is 4.00. The van der Waals surface area contributed by atoms with Gasteiger partial charge in [-0.2, -0.15) is 0 Å². The largest absolute Gasteiger partial charge is 0.456 e. The third kappa shape index (κ3) is 4.72. The quantitative estimate of drug-likeness (QED) is 0.171. The highest BCUT2D eigenvalue weighted by Gasteiger charge is 2.23. The van der Waals surface area contributed by atoms with Crippen molar-refractivity contribution in [2.45, 2.75) is 13.8 Å². The number of furan rings is 1. The van der Waals surface area contributed by atoms with Crippen molar-refractivity contribution in [2.75, 3.05) is 0 Å². The Balaban J connectivity index is 0.00000179. The first-order valence-electron chi connectivity index (χ1n) is 19.3. The van der Waals surface area contributed by atoms with Crippen molar-refractivity contribution in [3.63, 3.8) is 0 Å². The van der Waals surface area contributed by atoms with E-state index in [9.17, 15) is 0 Å². The van der Waals surface area contributed by atoms with E-state index < -0.39 is 0 Å². The van der Waals surface area contributed by atoms with E-state index in [4.69, 9.17) is 14.4 Å². The number of hydrogen-bond donors (Lipinski definition) is 0. The zero-order valence-corrected chi connectivity index (χ0v) is 31.0. The molecule has 3 aromatic heterocycles. The highest BCUT2D eigenvalue weighted by molar-refractivity contribution is 6.24. The predicted octanol–water partition coefficient (Wildman–Crippen LogP) is 14.4. The van der Waals surface area contributed by atoms with Gasteiger partial charge in [0.2, 0.25) is 5.95 Å². The molecule has 3 heterocycles. The Labute approximate surface area is 322 Å². The molecule has 0 aliphatic rings. The summed E-state index contributed by atoms with van der Waals surface area (Å²) in [7, 11) is 0. The molecule has 9 aromatic carbocycles. The van der Waals surface area contributed by atoms with Crippen LogP contribution in [-0.2, 0) is 0 Å². The van der Waals surface area contributed by atoms with Crippen LogP contribution in [0.5, 0.6) is 0 Å². The van der Waals surface area contributed by atoms with Crippen LogP contribution in [0.3, 0.4) is 0 Å². The van der Waals surface area contributed by atoms with Gasteiger partial charge in [-0.25, -0.2) is 9.97 Å². The minimum Gasteiger partial charge on any atom is -0.456 e. The maximum atomic E-state index is 6.43. The van der Waals surface area contributed by atoms with Crippen LogP contribution in [0.25, 0.3) is 115 Å². The summed E-state index contributed by atoms with van der Waals surface area (Å²) >= 11 is 0. The van der Waals surface area contributed by atoms with Gasteiger partial charge in [0.25, 0.3) is 0 Å². The molecule has 0 aliphatic carbocycles. The fourth-order valence-electron chi connectivity index (χ4n) is 8.76. The number of benzene rings is 9. The molecule has 4 nitrogen and oxygen atoms in total.